The van der Waals surface area contributed by atoms with Gasteiger partial charge in [-0.1, -0.05) is 0 Å². The highest BCUT2D eigenvalue weighted by Crippen LogP contribution is 2.05. The number of hydrogen-bond acceptors (Lipinski definition) is 5. The van der Waals surface area contributed by atoms with Gasteiger partial charge in [0, 0.05) is 0 Å². The molecule has 0 atom stereocenters. The van der Waals surface area contributed by atoms with E-state index in [1.165, 1.54) is 0 Å². The molecule has 18 heavy (non-hydrogen) atoms. The number of carbonyl (C=O) groups excluding carboxylic acids is 1. The fourth-order valence-corrected chi connectivity index (χ4v) is 1.30. The minimum atomic E-state index is -0.440. The molecule has 0 bridgehead atoms. The van der Waals surface area contributed by atoms with Crippen LogP contribution in [0.4, 0.5) is 0 Å². The van der Waals surface area contributed by atoms with E-state index in [0.29, 0.717) is 0 Å². The van der Waals surface area contributed by atoms with Crippen LogP contribution in [0.5, 0.6) is 0 Å². The predicted molar refractivity (Wildman–Crippen MR) is 76.8 cm³/mol. The van der Waals surface area contributed by atoms with Crippen LogP contribution in [0.1, 0.15) is 48.0 Å². The maximum atomic E-state index is 11.3. The second kappa shape index (κ2) is 6.85. The van der Waals surface area contributed by atoms with E-state index < -0.39 is 5.54 Å². The number of nitrogens with two attached hydrogens (primary N) is 1. The summed E-state index contributed by atoms with van der Waals surface area (Å²) in [6.07, 6.45) is 0.942. The molecule has 0 aliphatic carbocycles. The van der Waals surface area contributed by atoms with Crippen LogP contribution in [0.15, 0.2) is 5.10 Å². The Labute approximate surface area is 111 Å². The highest BCUT2D eigenvalue weighted by atomic mass is 16.1. The third kappa shape index (κ3) is 5.60. The molecule has 0 fully saturated rings. The van der Waals surface area contributed by atoms with Crippen LogP contribution in [0.3, 0.4) is 0 Å². The Hall–Kier alpha value is -0.940. The summed E-state index contributed by atoms with van der Waals surface area (Å²) in [7, 11) is 0. The van der Waals surface area contributed by atoms with Gasteiger partial charge in [-0.05, 0) is 61.1 Å². The third-order valence-corrected chi connectivity index (χ3v) is 3.47. The van der Waals surface area contributed by atoms with E-state index in [9.17, 15) is 4.79 Å². The predicted octanol–water partition coefficient (Wildman–Crippen LogP) is 1.04. The molecule has 5 nitrogen and oxygen atoms in total. The Balaban J connectivity index is 3.92. The molecule has 0 saturated carbocycles. The molecule has 0 aromatic carbocycles. The van der Waals surface area contributed by atoms with E-state index >= 15 is 0 Å². The zero-order valence-electron chi connectivity index (χ0n) is 12.6. The molecular formula is C13H28N4O. The van der Waals surface area contributed by atoms with Crippen LogP contribution in [-0.2, 0) is 4.79 Å². The molecule has 0 amide bonds. The van der Waals surface area contributed by atoms with Crippen LogP contribution in [0, 0.1) is 0 Å². The van der Waals surface area contributed by atoms with Crippen LogP contribution < -0.4 is 16.5 Å². The summed E-state index contributed by atoms with van der Waals surface area (Å²) < 4.78 is 0. The number of hydrazone groups is 1. The minimum absolute atomic E-state index is 0.155. The fourth-order valence-electron chi connectivity index (χ4n) is 1.30. The smallest absolute Gasteiger partial charge is 0.149 e. The molecule has 0 unspecified atom stereocenters. The summed E-state index contributed by atoms with van der Waals surface area (Å²) >= 11 is 0. The largest absolute Gasteiger partial charge is 0.323 e. The molecule has 0 radical (unpaired) electrons. The third-order valence-electron chi connectivity index (χ3n) is 3.47. The van der Waals surface area contributed by atoms with E-state index in [1.54, 1.807) is 6.92 Å². The van der Waals surface area contributed by atoms with Crippen molar-refractivity contribution in [2.45, 2.75) is 59.0 Å². The van der Waals surface area contributed by atoms with Crippen molar-refractivity contribution in [1.29, 1.82) is 0 Å². The average molecular weight is 256 g/mol. The van der Waals surface area contributed by atoms with Gasteiger partial charge in [-0.15, -0.1) is 0 Å². The van der Waals surface area contributed by atoms with Gasteiger partial charge in [-0.25, -0.2) is 0 Å². The van der Waals surface area contributed by atoms with Gasteiger partial charge in [-0.3, -0.25) is 4.79 Å². The number of carbonyl (C=O) groups is 1. The van der Waals surface area contributed by atoms with Gasteiger partial charge in [0.15, 0.2) is 0 Å². The number of hydrogen-bond donors (Lipinski definition) is 3. The number of nitrogens with one attached hydrogen (secondary N) is 2. The van der Waals surface area contributed by atoms with Crippen LogP contribution >= 0.6 is 0 Å². The SMILES string of the molecule is CC(=O)C(C)(C)NCCCNC(C)(C)/C(C)=N/N. The maximum Gasteiger partial charge on any atom is 0.149 e. The van der Waals surface area contributed by atoms with E-state index in [1.807, 2.05) is 34.6 Å². The summed E-state index contributed by atoms with van der Waals surface area (Å²) in [6, 6.07) is 0. The Morgan fingerprint density at radius 3 is 1.89 bits per heavy atom. The number of nitrogens with zero attached hydrogens (tertiary/aromatic N) is 1. The number of rotatable bonds is 8. The van der Waals surface area contributed by atoms with Crippen molar-refractivity contribution < 1.29 is 4.79 Å². The highest BCUT2D eigenvalue weighted by molar-refractivity contribution is 5.90. The maximum absolute atomic E-state index is 11.3. The number of ketones is 1. The van der Waals surface area contributed by atoms with Gasteiger partial charge in [-0.2, -0.15) is 5.10 Å². The lowest BCUT2D eigenvalue weighted by atomic mass is 9.99. The van der Waals surface area contributed by atoms with E-state index in [2.05, 4.69) is 15.7 Å². The molecule has 106 valence electrons. The molecule has 0 aromatic heterocycles. The highest BCUT2D eigenvalue weighted by Gasteiger charge is 2.23. The van der Waals surface area contributed by atoms with E-state index in [4.69, 9.17) is 5.84 Å². The molecule has 0 heterocycles. The molecule has 0 aliphatic rings. The summed E-state index contributed by atoms with van der Waals surface area (Å²) in [5.74, 6) is 5.43. The molecule has 0 spiro atoms. The van der Waals surface area contributed by atoms with Crippen molar-refractivity contribution >= 4 is 11.5 Å². The topological polar surface area (TPSA) is 79.5 Å². The van der Waals surface area contributed by atoms with Gasteiger partial charge in [0.05, 0.1) is 16.8 Å². The van der Waals surface area contributed by atoms with Gasteiger partial charge < -0.3 is 16.5 Å². The first-order valence-electron chi connectivity index (χ1n) is 6.39. The van der Waals surface area contributed by atoms with Crippen molar-refractivity contribution in [2.24, 2.45) is 10.9 Å². The average Bonchev–Trinajstić information content (AvgIpc) is 2.26. The first-order valence-corrected chi connectivity index (χ1v) is 6.39. The van der Waals surface area contributed by atoms with E-state index in [-0.39, 0.29) is 11.3 Å². The summed E-state index contributed by atoms with van der Waals surface area (Å²) in [6.45, 7) is 13.1. The van der Waals surface area contributed by atoms with Crippen LogP contribution in [0.2, 0.25) is 0 Å². The Morgan fingerprint density at radius 2 is 1.50 bits per heavy atom. The Bertz CT molecular complexity index is 308. The van der Waals surface area contributed by atoms with Gasteiger partial charge in [0.25, 0.3) is 0 Å². The molecule has 0 aliphatic heterocycles. The first-order chi connectivity index (χ1) is 8.13. The van der Waals surface area contributed by atoms with Gasteiger partial charge >= 0.3 is 0 Å². The monoisotopic (exact) mass is 256 g/mol. The molecule has 4 N–H and O–H groups in total. The zero-order valence-corrected chi connectivity index (χ0v) is 12.6. The fraction of sp³-hybridized carbons (Fsp3) is 0.846. The van der Waals surface area contributed by atoms with Crippen molar-refractivity contribution in [3.8, 4) is 0 Å². The molecule has 0 aromatic rings. The summed E-state index contributed by atoms with van der Waals surface area (Å²) in [5.41, 5.74) is 0.245. The van der Waals surface area contributed by atoms with Crippen LogP contribution in [0.25, 0.3) is 0 Å². The van der Waals surface area contributed by atoms with E-state index in [0.717, 1.165) is 25.2 Å². The Morgan fingerprint density at radius 1 is 1.06 bits per heavy atom. The lowest BCUT2D eigenvalue weighted by Gasteiger charge is -2.27. The van der Waals surface area contributed by atoms with Gasteiger partial charge in [0.1, 0.15) is 5.78 Å². The molecule has 0 saturated heterocycles. The zero-order chi connectivity index (χ0) is 14.4. The minimum Gasteiger partial charge on any atom is -0.323 e. The van der Waals surface area contributed by atoms with Crippen molar-refractivity contribution in [1.82, 2.24) is 10.6 Å². The lowest BCUT2D eigenvalue weighted by Crippen LogP contribution is -2.48. The van der Waals surface area contributed by atoms with Crippen molar-refractivity contribution in [3.63, 3.8) is 0 Å². The quantitative estimate of drug-likeness (QED) is 0.262. The van der Waals surface area contributed by atoms with Gasteiger partial charge in [0.2, 0.25) is 0 Å². The molecule has 0 rings (SSSR count). The number of Topliss-reactive ketones (excluding diaryl/α,β-unsaturated/α-hetero) is 1. The van der Waals surface area contributed by atoms with Crippen molar-refractivity contribution in [2.75, 3.05) is 13.1 Å². The lowest BCUT2D eigenvalue weighted by molar-refractivity contribution is -0.122. The summed E-state index contributed by atoms with van der Waals surface area (Å²) in [5, 5.41) is 10.3. The normalized spacial score (nSPS) is 13.8. The second-order valence-electron chi connectivity index (χ2n) is 5.73. The standard InChI is InChI=1S/C13H28N4O/c1-10(17-14)12(3,4)15-8-7-9-16-13(5,6)11(2)18/h15-16H,7-9,14H2,1-6H3/b17-10+. The molecule has 5 heteroatoms. The Kier molecular flexibility index (Phi) is 6.49. The van der Waals surface area contributed by atoms with Crippen LogP contribution in [-0.4, -0.2) is 35.7 Å². The van der Waals surface area contributed by atoms with Crippen molar-refractivity contribution in [3.05, 3.63) is 0 Å². The first kappa shape index (κ1) is 17.1. The summed E-state index contributed by atoms with van der Waals surface area (Å²) in [4.78, 5) is 11.3. The molecular weight excluding hydrogens is 228 g/mol. The second-order valence-corrected chi connectivity index (χ2v) is 5.73.